The van der Waals surface area contributed by atoms with E-state index in [2.05, 4.69) is 27.8 Å². The van der Waals surface area contributed by atoms with Gasteiger partial charge in [0, 0.05) is 55.7 Å². The highest BCUT2D eigenvalue weighted by Crippen LogP contribution is 2.26. The van der Waals surface area contributed by atoms with Crippen molar-refractivity contribution in [2.45, 2.75) is 6.92 Å². The standard InChI is InChI=1S/C23H22N4O2/c1-3-16-10-15(2)22-25-20(14-27(22)13-16)19-11-17-4-5-18(12-21(17)29-23(19)28)26-8-6-24-7-9-26/h3-5,10-14,24H,1,6-9H2,2H3. The van der Waals surface area contributed by atoms with Crippen LogP contribution >= 0.6 is 0 Å². The molecule has 0 saturated carbocycles. The molecule has 0 bridgehead atoms. The van der Waals surface area contributed by atoms with Gasteiger partial charge in [0.25, 0.3) is 0 Å². The van der Waals surface area contributed by atoms with Crippen LogP contribution in [0.25, 0.3) is 33.9 Å². The van der Waals surface area contributed by atoms with Gasteiger partial charge in [-0.1, -0.05) is 12.7 Å². The minimum absolute atomic E-state index is 0.375. The molecule has 1 saturated heterocycles. The predicted octanol–water partition coefficient (Wildman–Crippen LogP) is 3.47. The summed E-state index contributed by atoms with van der Waals surface area (Å²) < 4.78 is 7.62. The molecule has 146 valence electrons. The van der Waals surface area contributed by atoms with Crippen molar-refractivity contribution in [2.24, 2.45) is 0 Å². The Balaban J connectivity index is 1.59. The molecule has 1 fully saturated rings. The molecule has 6 heteroatoms. The highest BCUT2D eigenvalue weighted by atomic mass is 16.4. The van der Waals surface area contributed by atoms with E-state index in [-0.39, 0.29) is 5.63 Å². The van der Waals surface area contributed by atoms with Gasteiger partial charge in [0.05, 0.1) is 11.3 Å². The quantitative estimate of drug-likeness (QED) is 0.546. The third-order valence-corrected chi connectivity index (χ3v) is 5.47. The molecule has 0 atom stereocenters. The minimum atomic E-state index is -0.375. The molecule has 29 heavy (non-hydrogen) atoms. The highest BCUT2D eigenvalue weighted by molar-refractivity contribution is 5.84. The van der Waals surface area contributed by atoms with Crippen molar-refractivity contribution in [3.63, 3.8) is 0 Å². The first-order valence-electron chi connectivity index (χ1n) is 9.78. The summed E-state index contributed by atoms with van der Waals surface area (Å²) in [5, 5.41) is 4.24. The largest absolute Gasteiger partial charge is 0.422 e. The van der Waals surface area contributed by atoms with Crippen LogP contribution in [0.4, 0.5) is 5.69 Å². The zero-order valence-electron chi connectivity index (χ0n) is 16.3. The second-order valence-electron chi connectivity index (χ2n) is 7.42. The number of piperazine rings is 1. The minimum Gasteiger partial charge on any atom is -0.422 e. The highest BCUT2D eigenvalue weighted by Gasteiger charge is 2.15. The van der Waals surface area contributed by atoms with E-state index in [1.807, 2.05) is 48.0 Å². The lowest BCUT2D eigenvalue weighted by Crippen LogP contribution is -2.43. The molecular formula is C23H22N4O2. The third kappa shape index (κ3) is 3.11. The van der Waals surface area contributed by atoms with E-state index in [1.54, 1.807) is 6.08 Å². The lowest BCUT2D eigenvalue weighted by Gasteiger charge is -2.29. The summed E-state index contributed by atoms with van der Waals surface area (Å²) in [6, 6.07) is 9.95. The number of nitrogens with zero attached hydrogens (tertiary/aromatic N) is 3. The van der Waals surface area contributed by atoms with E-state index in [1.165, 1.54) is 0 Å². The number of nitrogens with one attached hydrogen (secondary N) is 1. The number of hydrogen-bond donors (Lipinski definition) is 1. The van der Waals surface area contributed by atoms with Crippen LogP contribution in [-0.2, 0) is 0 Å². The Hall–Kier alpha value is -3.38. The normalized spacial score (nSPS) is 14.6. The average molecular weight is 386 g/mol. The monoisotopic (exact) mass is 386 g/mol. The third-order valence-electron chi connectivity index (χ3n) is 5.47. The second kappa shape index (κ2) is 6.90. The van der Waals surface area contributed by atoms with E-state index in [9.17, 15) is 4.79 Å². The zero-order valence-corrected chi connectivity index (χ0v) is 16.3. The van der Waals surface area contributed by atoms with Crippen molar-refractivity contribution < 1.29 is 4.42 Å². The van der Waals surface area contributed by atoms with Gasteiger partial charge < -0.3 is 19.0 Å². The Morgan fingerprint density at radius 2 is 2.00 bits per heavy atom. The smallest absolute Gasteiger partial charge is 0.345 e. The van der Waals surface area contributed by atoms with Crippen LogP contribution in [0.15, 0.2) is 58.5 Å². The molecule has 1 aromatic carbocycles. The Morgan fingerprint density at radius 1 is 1.17 bits per heavy atom. The van der Waals surface area contributed by atoms with Crippen LogP contribution in [0.5, 0.6) is 0 Å². The molecule has 1 N–H and O–H groups in total. The number of fused-ring (bicyclic) bond motifs is 2. The first-order chi connectivity index (χ1) is 14.1. The van der Waals surface area contributed by atoms with Gasteiger partial charge in [0.2, 0.25) is 0 Å². The van der Waals surface area contributed by atoms with Crippen molar-refractivity contribution in [3.05, 3.63) is 70.9 Å². The Morgan fingerprint density at radius 3 is 2.79 bits per heavy atom. The van der Waals surface area contributed by atoms with Crippen molar-refractivity contribution in [1.29, 1.82) is 0 Å². The number of imidazole rings is 1. The Kier molecular flexibility index (Phi) is 4.21. The van der Waals surface area contributed by atoms with Crippen molar-refractivity contribution >= 4 is 28.4 Å². The van der Waals surface area contributed by atoms with Gasteiger partial charge in [0.1, 0.15) is 11.2 Å². The molecule has 0 spiro atoms. The van der Waals surface area contributed by atoms with E-state index in [4.69, 9.17) is 4.42 Å². The Bertz CT molecular complexity index is 1300. The Labute approximate surface area is 168 Å². The molecule has 0 aliphatic carbocycles. The van der Waals surface area contributed by atoms with E-state index >= 15 is 0 Å². The van der Waals surface area contributed by atoms with Crippen molar-refractivity contribution in [1.82, 2.24) is 14.7 Å². The number of aryl methyl sites for hydroxylation is 1. The van der Waals surface area contributed by atoms with Gasteiger partial charge in [-0.2, -0.15) is 0 Å². The van der Waals surface area contributed by atoms with Gasteiger partial charge in [-0.15, -0.1) is 0 Å². The van der Waals surface area contributed by atoms with Crippen molar-refractivity contribution in [2.75, 3.05) is 31.1 Å². The number of benzene rings is 1. The SMILES string of the molecule is C=Cc1cc(C)c2nc(-c3cc4ccc(N5CCNCC5)cc4oc3=O)cn2c1. The zero-order chi connectivity index (χ0) is 20.0. The van der Waals surface area contributed by atoms with Gasteiger partial charge >= 0.3 is 5.63 Å². The van der Waals surface area contributed by atoms with Gasteiger partial charge in [-0.25, -0.2) is 9.78 Å². The first-order valence-corrected chi connectivity index (χ1v) is 9.78. The number of anilines is 1. The van der Waals surface area contributed by atoms with E-state index in [0.717, 1.165) is 54.0 Å². The molecule has 0 amide bonds. The molecule has 4 heterocycles. The molecule has 6 nitrogen and oxygen atoms in total. The molecule has 3 aromatic heterocycles. The average Bonchev–Trinajstić information content (AvgIpc) is 3.18. The number of rotatable bonds is 3. The molecule has 0 unspecified atom stereocenters. The number of hydrogen-bond acceptors (Lipinski definition) is 5. The second-order valence-corrected chi connectivity index (χ2v) is 7.42. The fraction of sp³-hybridized carbons (Fsp3) is 0.217. The molecule has 1 aliphatic rings. The summed E-state index contributed by atoms with van der Waals surface area (Å²) in [7, 11) is 0. The van der Waals surface area contributed by atoms with Crippen LogP contribution < -0.4 is 15.8 Å². The van der Waals surface area contributed by atoms with Crippen LogP contribution in [0.3, 0.4) is 0 Å². The summed E-state index contributed by atoms with van der Waals surface area (Å²) in [4.78, 5) is 19.7. The summed E-state index contributed by atoms with van der Waals surface area (Å²) in [5.41, 5.74) is 5.23. The molecule has 0 radical (unpaired) electrons. The van der Waals surface area contributed by atoms with Crippen LogP contribution in [-0.4, -0.2) is 35.6 Å². The maximum Gasteiger partial charge on any atom is 0.345 e. The summed E-state index contributed by atoms with van der Waals surface area (Å²) in [5.74, 6) is 0. The maximum atomic E-state index is 12.8. The van der Waals surface area contributed by atoms with Crippen LogP contribution in [0, 0.1) is 6.92 Å². The topological polar surface area (TPSA) is 62.8 Å². The van der Waals surface area contributed by atoms with E-state index < -0.39 is 0 Å². The molecule has 1 aliphatic heterocycles. The van der Waals surface area contributed by atoms with Gasteiger partial charge in [-0.3, -0.25) is 0 Å². The van der Waals surface area contributed by atoms with E-state index in [0.29, 0.717) is 16.8 Å². The number of aromatic nitrogens is 2. The van der Waals surface area contributed by atoms with Crippen LogP contribution in [0.2, 0.25) is 0 Å². The lowest BCUT2D eigenvalue weighted by molar-refractivity contribution is 0.561. The van der Waals surface area contributed by atoms with Gasteiger partial charge in [0.15, 0.2) is 0 Å². The molecule has 4 aromatic rings. The van der Waals surface area contributed by atoms with Crippen LogP contribution in [0.1, 0.15) is 11.1 Å². The fourth-order valence-electron chi connectivity index (χ4n) is 3.94. The van der Waals surface area contributed by atoms with Gasteiger partial charge in [-0.05, 0) is 42.3 Å². The first kappa shape index (κ1) is 17.7. The van der Waals surface area contributed by atoms with Crippen molar-refractivity contribution in [3.8, 4) is 11.3 Å². The summed E-state index contributed by atoms with van der Waals surface area (Å²) >= 11 is 0. The predicted molar refractivity (Wildman–Crippen MR) is 117 cm³/mol. The maximum absolute atomic E-state index is 12.8. The summed E-state index contributed by atoms with van der Waals surface area (Å²) in [6.45, 7) is 9.64. The summed E-state index contributed by atoms with van der Waals surface area (Å²) in [6.07, 6.45) is 5.61. The lowest BCUT2D eigenvalue weighted by atomic mass is 10.1. The molecular weight excluding hydrogens is 364 g/mol. The fourth-order valence-corrected chi connectivity index (χ4v) is 3.94. The molecule has 5 rings (SSSR count). The number of pyridine rings is 1.